The Labute approximate surface area is 292 Å². The van der Waals surface area contributed by atoms with Crippen molar-refractivity contribution < 1.29 is 23.7 Å². The number of methoxy groups -OCH3 is 2. The van der Waals surface area contributed by atoms with Crippen molar-refractivity contribution in [1.82, 2.24) is 4.57 Å². The van der Waals surface area contributed by atoms with Gasteiger partial charge in [-0.2, -0.15) is 5.26 Å². The summed E-state index contributed by atoms with van der Waals surface area (Å²) < 4.78 is 25.1. The van der Waals surface area contributed by atoms with Crippen LogP contribution in [0.5, 0.6) is 23.0 Å². The van der Waals surface area contributed by atoms with E-state index in [1.54, 1.807) is 73.2 Å². The molecule has 0 saturated carbocycles. The number of para-hydroxylation sites is 1. The molecular formula is C39H34N4O6S. The zero-order chi connectivity index (χ0) is 35.2. The van der Waals surface area contributed by atoms with E-state index in [2.05, 4.69) is 11.4 Å². The molecule has 50 heavy (non-hydrogen) atoms. The van der Waals surface area contributed by atoms with E-state index in [4.69, 9.17) is 23.9 Å². The number of amides is 1. The van der Waals surface area contributed by atoms with Crippen LogP contribution in [0.4, 0.5) is 5.69 Å². The molecule has 1 aliphatic rings. The van der Waals surface area contributed by atoms with E-state index < -0.39 is 6.04 Å². The zero-order valence-electron chi connectivity index (χ0n) is 27.9. The molecule has 1 N–H and O–H groups in total. The van der Waals surface area contributed by atoms with Crippen LogP contribution in [0.1, 0.15) is 42.1 Å². The molecular weight excluding hydrogens is 653 g/mol. The van der Waals surface area contributed by atoms with E-state index in [0.717, 1.165) is 5.56 Å². The summed E-state index contributed by atoms with van der Waals surface area (Å²) in [6.45, 7) is 4.23. The van der Waals surface area contributed by atoms with E-state index in [-0.39, 0.29) is 18.1 Å². The van der Waals surface area contributed by atoms with Gasteiger partial charge in [-0.1, -0.05) is 53.8 Å². The normalized spacial score (nSPS) is 13.9. The van der Waals surface area contributed by atoms with Crippen molar-refractivity contribution >= 4 is 29.0 Å². The first kappa shape index (κ1) is 33.8. The molecule has 1 aliphatic heterocycles. The third-order valence-corrected chi connectivity index (χ3v) is 9.10. The molecule has 10 nitrogen and oxygen atoms in total. The fraction of sp³-hybridized carbons (Fsp3) is 0.179. The lowest BCUT2D eigenvalue weighted by Crippen LogP contribution is -2.40. The number of hydrogen-bond acceptors (Lipinski definition) is 9. The van der Waals surface area contributed by atoms with Crippen molar-refractivity contribution in [3.05, 3.63) is 144 Å². The Morgan fingerprint density at radius 2 is 1.74 bits per heavy atom. The molecule has 0 radical (unpaired) electrons. The van der Waals surface area contributed by atoms with E-state index >= 15 is 0 Å². The van der Waals surface area contributed by atoms with Crippen LogP contribution in [0.2, 0.25) is 0 Å². The molecule has 6 rings (SSSR count). The van der Waals surface area contributed by atoms with Gasteiger partial charge in [0.1, 0.15) is 24.1 Å². The maximum atomic E-state index is 14.3. The molecule has 0 fully saturated rings. The van der Waals surface area contributed by atoms with Crippen LogP contribution in [0, 0.1) is 11.3 Å². The maximum absolute atomic E-state index is 14.3. The van der Waals surface area contributed by atoms with Crippen molar-refractivity contribution in [3.63, 3.8) is 0 Å². The Hall–Kier alpha value is -6.12. The van der Waals surface area contributed by atoms with Crippen LogP contribution >= 0.6 is 11.3 Å². The van der Waals surface area contributed by atoms with Gasteiger partial charge in [-0.15, -0.1) is 0 Å². The number of nitrogens with one attached hydrogen (secondary N) is 1. The second-order valence-corrected chi connectivity index (χ2v) is 12.2. The van der Waals surface area contributed by atoms with Crippen LogP contribution in [0.25, 0.3) is 6.08 Å². The summed E-state index contributed by atoms with van der Waals surface area (Å²) in [5, 5.41) is 12.4. The number of nitriles is 1. The lowest BCUT2D eigenvalue weighted by Gasteiger charge is -2.26. The van der Waals surface area contributed by atoms with E-state index in [1.807, 2.05) is 49.4 Å². The summed E-state index contributed by atoms with van der Waals surface area (Å²) in [6, 6.07) is 28.5. The smallest absolute Gasteiger partial charge is 0.271 e. The highest BCUT2D eigenvalue weighted by atomic mass is 32.1. The highest BCUT2D eigenvalue weighted by Crippen LogP contribution is 2.38. The fourth-order valence-corrected chi connectivity index (χ4v) is 6.78. The zero-order valence-corrected chi connectivity index (χ0v) is 28.7. The Balaban J connectivity index is 1.42. The topological polar surface area (TPSA) is 124 Å². The van der Waals surface area contributed by atoms with Crippen LogP contribution < -0.4 is 39.2 Å². The van der Waals surface area contributed by atoms with E-state index in [0.29, 0.717) is 72.6 Å². The predicted molar refractivity (Wildman–Crippen MR) is 191 cm³/mol. The fourth-order valence-electron chi connectivity index (χ4n) is 5.73. The summed E-state index contributed by atoms with van der Waals surface area (Å²) in [4.78, 5) is 33.5. The highest BCUT2D eigenvalue weighted by Gasteiger charge is 2.34. The molecule has 252 valence electrons. The first-order chi connectivity index (χ1) is 24.3. The Morgan fingerprint density at radius 3 is 2.48 bits per heavy atom. The van der Waals surface area contributed by atoms with Gasteiger partial charge in [-0.05, 0) is 68.0 Å². The number of rotatable bonds is 11. The van der Waals surface area contributed by atoms with Gasteiger partial charge in [-0.3, -0.25) is 14.2 Å². The van der Waals surface area contributed by atoms with Crippen molar-refractivity contribution in [1.29, 1.82) is 5.26 Å². The van der Waals surface area contributed by atoms with Gasteiger partial charge in [-0.25, -0.2) is 4.99 Å². The van der Waals surface area contributed by atoms with Gasteiger partial charge in [0, 0.05) is 22.9 Å². The number of benzene rings is 4. The van der Waals surface area contributed by atoms with Gasteiger partial charge in [0.2, 0.25) is 0 Å². The summed E-state index contributed by atoms with van der Waals surface area (Å²) >= 11 is 1.23. The van der Waals surface area contributed by atoms with Crippen LogP contribution in [-0.2, 0) is 11.4 Å². The molecule has 4 aromatic carbocycles. The largest absolute Gasteiger partial charge is 0.497 e. The standard InChI is InChI=1S/C39H34N4O6S/c1-5-48-33-19-25(15-18-31(33)49-23-27-12-10-9-11-26(27)22-40)20-34-38(45)43-36(30-17-16-29(46-3)21-32(30)47-4)35(24(2)41-39(43)50-34)37(44)42-28-13-7-6-8-14-28/h6-21,36H,5,23H2,1-4H3,(H,42,44)/b34-20-/t36-/m0/s1. The minimum absolute atomic E-state index is 0.191. The number of carbonyl (C=O) groups excluding carboxylic acids is 1. The minimum Gasteiger partial charge on any atom is -0.497 e. The van der Waals surface area contributed by atoms with Crippen molar-refractivity contribution in [2.24, 2.45) is 4.99 Å². The monoisotopic (exact) mass is 686 g/mol. The van der Waals surface area contributed by atoms with Gasteiger partial charge < -0.3 is 24.3 Å². The summed E-state index contributed by atoms with van der Waals surface area (Å²) in [5.74, 6) is 1.65. The van der Waals surface area contributed by atoms with Crippen molar-refractivity contribution in [3.8, 4) is 29.1 Å². The number of anilines is 1. The second kappa shape index (κ2) is 15.0. The van der Waals surface area contributed by atoms with E-state index in [9.17, 15) is 14.9 Å². The number of ether oxygens (including phenoxy) is 4. The molecule has 11 heteroatoms. The molecule has 1 amide bonds. The second-order valence-electron chi connectivity index (χ2n) is 11.2. The third-order valence-electron chi connectivity index (χ3n) is 8.12. The van der Waals surface area contributed by atoms with Crippen LogP contribution in [-0.4, -0.2) is 31.3 Å². The first-order valence-corrected chi connectivity index (χ1v) is 16.6. The average Bonchev–Trinajstić information content (AvgIpc) is 3.44. The molecule has 0 bridgehead atoms. The van der Waals surface area contributed by atoms with Gasteiger partial charge in [0.05, 0.1) is 48.3 Å². The minimum atomic E-state index is -0.844. The number of fused-ring (bicyclic) bond motifs is 1. The molecule has 1 atom stereocenters. The summed E-state index contributed by atoms with van der Waals surface area (Å²) in [7, 11) is 3.09. The SMILES string of the molecule is CCOc1cc(/C=c2\sc3n(c2=O)[C@@H](c2ccc(OC)cc2OC)C(C(=O)Nc2ccccc2)=C(C)N=3)ccc1OCc1ccccc1C#N. The number of hydrogen-bond donors (Lipinski definition) is 1. The number of carbonyl (C=O) groups is 1. The van der Waals surface area contributed by atoms with Gasteiger partial charge in [0.15, 0.2) is 16.3 Å². The summed E-state index contributed by atoms with van der Waals surface area (Å²) in [5.41, 5.74) is 3.70. The Morgan fingerprint density at radius 1 is 0.960 bits per heavy atom. The van der Waals surface area contributed by atoms with Crippen LogP contribution in [0.15, 0.2) is 112 Å². The number of nitrogens with zero attached hydrogens (tertiary/aromatic N) is 3. The number of thiazole rings is 1. The van der Waals surface area contributed by atoms with Crippen molar-refractivity contribution in [2.75, 3.05) is 26.1 Å². The van der Waals surface area contributed by atoms with E-state index in [1.165, 1.54) is 18.4 Å². The van der Waals surface area contributed by atoms with Gasteiger partial charge >= 0.3 is 0 Å². The molecule has 0 spiro atoms. The Kier molecular flexibility index (Phi) is 10.1. The predicted octanol–water partition coefficient (Wildman–Crippen LogP) is 5.74. The molecule has 0 unspecified atom stereocenters. The number of allylic oxidation sites excluding steroid dienone is 1. The first-order valence-electron chi connectivity index (χ1n) is 15.8. The van der Waals surface area contributed by atoms with Gasteiger partial charge in [0.25, 0.3) is 11.5 Å². The molecule has 0 aliphatic carbocycles. The lowest BCUT2D eigenvalue weighted by atomic mass is 9.94. The lowest BCUT2D eigenvalue weighted by molar-refractivity contribution is -0.113. The summed E-state index contributed by atoms with van der Waals surface area (Å²) in [6.07, 6.45) is 1.77. The molecule has 5 aromatic rings. The Bertz CT molecular complexity index is 2320. The molecule has 1 aromatic heterocycles. The number of aromatic nitrogens is 1. The highest BCUT2D eigenvalue weighted by molar-refractivity contribution is 7.07. The third kappa shape index (κ3) is 6.88. The molecule has 0 saturated heterocycles. The average molecular weight is 687 g/mol. The van der Waals surface area contributed by atoms with Crippen LogP contribution in [0.3, 0.4) is 0 Å². The quantitative estimate of drug-likeness (QED) is 0.188. The maximum Gasteiger partial charge on any atom is 0.271 e. The molecule has 2 heterocycles. The van der Waals surface area contributed by atoms with Crippen molar-refractivity contribution in [2.45, 2.75) is 26.5 Å².